The molecule has 5 heteroatoms. The van der Waals surface area contributed by atoms with Crippen molar-refractivity contribution in [1.82, 2.24) is 4.98 Å². The van der Waals surface area contributed by atoms with Gasteiger partial charge in [-0.25, -0.2) is 4.98 Å². The van der Waals surface area contributed by atoms with E-state index in [1.54, 1.807) is 6.07 Å². The highest BCUT2D eigenvalue weighted by Gasteiger charge is 2.12. The van der Waals surface area contributed by atoms with Crippen LogP contribution in [0.4, 0.5) is 10.1 Å². The molecule has 0 saturated heterocycles. The van der Waals surface area contributed by atoms with E-state index in [0.29, 0.717) is 5.69 Å². The summed E-state index contributed by atoms with van der Waals surface area (Å²) in [6.45, 7) is 1.86. The van der Waals surface area contributed by atoms with Crippen molar-refractivity contribution < 1.29 is 9.18 Å². The molecule has 1 heterocycles. The van der Waals surface area contributed by atoms with Crippen molar-refractivity contribution in [2.45, 2.75) is 6.92 Å². The topological polar surface area (TPSA) is 42.0 Å². The molecule has 1 aromatic heterocycles. The molecule has 0 aliphatic heterocycles. The molecule has 0 atom stereocenters. The Morgan fingerprint density at radius 2 is 2.17 bits per heavy atom. The zero-order valence-corrected chi connectivity index (χ0v) is 11.2. The number of halogens is 2. The molecule has 0 unspecified atom stereocenters. The summed E-state index contributed by atoms with van der Waals surface area (Å²) in [5.41, 5.74) is 1.47. The molecule has 0 saturated carbocycles. The van der Waals surface area contributed by atoms with E-state index in [0.717, 1.165) is 10.0 Å². The van der Waals surface area contributed by atoms with Gasteiger partial charge >= 0.3 is 0 Å². The second-order valence-electron chi connectivity index (χ2n) is 3.76. The first-order valence-electron chi connectivity index (χ1n) is 5.26. The van der Waals surface area contributed by atoms with Gasteiger partial charge in [0.05, 0.1) is 5.56 Å². The van der Waals surface area contributed by atoms with E-state index in [4.69, 9.17) is 0 Å². The fourth-order valence-corrected chi connectivity index (χ4v) is 1.99. The number of anilines is 1. The summed E-state index contributed by atoms with van der Waals surface area (Å²) in [6, 6.07) is 8.35. The molecule has 2 rings (SSSR count). The molecule has 1 N–H and O–H groups in total. The van der Waals surface area contributed by atoms with Gasteiger partial charge in [0, 0.05) is 16.4 Å². The molecule has 18 heavy (non-hydrogen) atoms. The Morgan fingerprint density at radius 3 is 2.83 bits per heavy atom. The number of hydrogen-bond acceptors (Lipinski definition) is 2. The average molecular weight is 309 g/mol. The van der Waals surface area contributed by atoms with Crippen LogP contribution in [-0.2, 0) is 0 Å². The summed E-state index contributed by atoms with van der Waals surface area (Å²) in [7, 11) is 0. The van der Waals surface area contributed by atoms with Gasteiger partial charge in [0.1, 0.15) is 0 Å². The summed E-state index contributed by atoms with van der Waals surface area (Å²) < 4.78 is 14.2. The maximum absolute atomic E-state index is 13.3. The van der Waals surface area contributed by atoms with E-state index in [9.17, 15) is 9.18 Å². The number of carbonyl (C=O) groups excluding carboxylic acids is 1. The Kier molecular flexibility index (Phi) is 3.72. The molecule has 0 aliphatic rings. The van der Waals surface area contributed by atoms with Gasteiger partial charge in [-0.3, -0.25) is 4.79 Å². The van der Waals surface area contributed by atoms with Crippen LogP contribution in [0, 0.1) is 12.9 Å². The molecular formula is C13H10BrFN2O. The number of carbonyl (C=O) groups is 1. The maximum atomic E-state index is 13.3. The van der Waals surface area contributed by atoms with Crippen molar-refractivity contribution in [3.63, 3.8) is 0 Å². The zero-order valence-electron chi connectivity index (χ0n) is 9.58. The van der Waals surface area contributed by atoms with Crippen LogP contribution in [0.15, 0.2) is 41.0 Å². The van der Waals surface area contributed by atoms with E-state index in [-0.39, 0.29) is 5.56 Å². The van der Waals surface area contributed by atoms with E-state index < -0.39 is 11.9 Å². The SMILES string of the molecule is Cc1cc(Br)ccc1NC(=O)c1cccnc1F. The molecule has 1 aromatic carbocycles. The van der Waals surface area contributed by atoms with E-state index >= 15 is 0 Å². The lowest BCUT2D eigenvalue weighted by molar-refractivity contribution is 0.102. The maximum Gasteiger partial charge on any atom is 0.260 e. The Balaban J connectivity index is 2.24. The van der Waals surface area contributed by atoms with Crippen LogP contribution in [0.2, 0.25) is 0 Å². The highest BCUT2D eigenvalue weighted by molar-refractivity contribution is 9.10. The molecule has 92 valence electrons. The smallest absolute Gasteiger partial charge is 0.260 e. The molecule has 0 radical (unpaired) electrons. The lowest BCUT2D eigenvalue weighted by Crippen LogP contribution is -2.15. The summed E-state index contributed by atoms with van der Waals surface area (Å²) >= 11 is 3.34. The Hall–Kier alpha value is -1.75. The molecule has 1 amide bonds. The normalized spacial score (nSPS) is 10.2. The summed E-state index contributed by atoms with van der Waals surface area (Å²) in [6.07, 6.45) is 1.30. The van der Waals surface area contributed by atoms with Gasteiger partial charge in [0.25, 0.3) is 5.91 Å². The second-order valence-corrected chi connectivity index (χ2v) is 4.67. The number of amides is 1. The molecule has 0 aliphatic carbocycles. The largest absolute Gasteiger partial charge is 0.322 e. The van der Waals surface area contributed by atoms with Crippen LogP contribution in [0.5, 0.6) is 0 Å². The Morgan fingerprint density at radius 1 is 1.39 bits per heavy atom. The van der Waals surface area contributed by atoms with Gasteiger partial charge in [-0.05, 0) is 42.8 Å². The third kappa shape index (κ3) is 2.73. The summed E-state index contributed by atoms with van der Waals surface area (Å²) in [5.74, 6) is -1.28. The van der Waals surface area contributed by atoms with Crippen molar-refractivity contribution in [2.24, 2.45) is 0 Å². The first-order chi connectivity index (χ1) is 8.58. The van der Waals surface area contributed by atoms with Crippen molar-refractivity contribution in [2.75, 3.05) is 5.32 Å². The number of nitrogens with one attached hydrogen (secondary N) is 1. The summed E-state index contributed by atoms with van der Waals surface area (Å²) in [5, 5.41) is 2.65. The monoisotopic (exact) mass is 308 g/mol. The standard InChI is InChI=1S/C13H10BrFN2O/c1-8-7-9(14)4-5-11(8)17-13(18)10-3-2-6-16-12(10)15/h2-7H,1H3,(H,17,18). The fraction of sp³-hybridized carbons (Fsp3) is 0.0769. The highest BCUT2D eigenvalue weighted by Crippen LogP contribution is 2.20. The first kappa shape index (κ1) is 12.7. The van der Waals surface area contributed by atoms with Gasteiger partial charge < -0.3 is 5.32 Å². The first-order valence-corrected chi connectivity index (χ1v) is 6.05. The van der Waals surface area contributed by atoms with E-state index in [2.05, 4.69) is 26.2 Å². The molecule has 0 bridgehead atoms. The number of aryl methyl sites for hydroxylation is 1. The molecule has 3 nitrogen and oxygen atoms in total. The molecule has 0 spiro atoms. The molecular weight excluding hydrogens is 299 g/mol. The molecule has 2 aromatic rings. The predicted molar refractivity (Wildman–Crippen MR) is 71.0 cm³/mol. The van der Waals surface area contributed by atoms with Crippen LogP contribution < -0.4 is 5.32 Å². The average Bonchev–Trinajstić information content (AvgIpc) is 2.33. The fourth-order valence-electron chi connectivity index (χ4n) is 1.51. The van der Waals surface area contributed by atoms with Crippen molar-refractivity contribution in [3.05, 3.63) is 58.1 Å². The second kappa shape index (κ2) is 5.27. The van der Waals surface area contributed by atoms with Gasteiger partial charge in [-0.1, -0.05) is 15.9 Å². The van der Waals surface area contributed by atoms with Gasteiger partial charge in [0.15, 0.2) is 0 Å². The Bertz CT molecular complexity index is 601. The minimum absolute atomic E-state index is 0.0696. The minimum atomic E-state index is -0.773. The van der Waals surface area contributed by atoms with Crippen LogP contribution in [0.3, 0.4) is 0 Å². The van der Waals surface area contributed by atoms with Crippen LogP contribution in [-0.4, -0.2) is 10.9 Å². The van der Waals surface area contributed by atoms with Gasteiger partial charge in [-0.15, -0.1) is 0 Å². The zero-order chi connectivity index (χ0) is 13.1. The third-order valence-electron chi connectivity index (χ3n) is 2.44. The quantitative estimate of drug-likeness (QED) is 0.862. The van der Waals surface area contributed by atoms with E-state index in [1.807, 2.05) is 19.1 Å². The lowest BCUT2D eigenvalue weighted by atomic mass is 10.2. The Labute approximate surface area is 112 Å². The van der Waals surface area contributed by atoms with Crippen LogP contribution in [0.25, 0.3) is 0 Å². The number of pyridine rings is 1. The number of hydrogen-bond donors (Lipinski definition) is 1. The summed E-state index contributed by atoms with van der Waals surface area (Å²) in [4.78, 5) is 15.3. The number of rotatable bonds is 2. The van der Waals surface area contributed by atoms with Gasteiger partial charge in [0.2, 0.25) is 5.95 Å². The number of aromatic nitrogens is 1. The van der Waals surface area contributed by atoms with Crippen LogP contribution >= 0.6 is 15.9 Å². The van der Waals surface area contributed by atoms with Crippen molar-refractivity contribution >= 4 is 27.5 Å². The van der Waals surface area contributed by atoms with Crippen molar-refractivity contribution in [3.8, 4) is 0 Å². The molecule has 0 fully saturated rings. The number of benzene rings is 1. The van der Waals surface area contributed by atoms with Crippen molar-refractivity contribution in [1.29, 1.82) is 0 Å². The highest BCUT2D eigenvalue weighted by atomic mass is 79.9. The number of nitrogens with zero attached hydrogens (tertiary/aromatic N) is 1. The predicted octanol–water partition coefficient (Wildman–Crippen LogP) is 3.54. The van der Waals surface area contributed by atoms with Crippen LogP contribution in [0.1, 0.15) is 15.9 Å². The lowest BCUT2D eigenvalue weighted by Gasteiger charge is -2.08. The van der Waals surface area contributed by atoms with E-state index in [1.165, 1.54) is 18.3 Å². The van der Waals surface area contributed by atoms with Gasteiger partial charge in [-0.2, -0.15) is 4.39 Å². The third-order valence-corrected chi connectivity index (χ3v) is 2.93. The minimum Gasteiger partial charge on any atom is -0.322 e.